The standard InChI is InChI=1S/C10H20N4O2/c1-15-7-8-16-6-2-5-14-9-10(3-4-11)12-13-14/h9H,2-8,11H2,1H3. The molecule has 0 unspecified atom stereocenters. The lowest BCUT2D eigenvalue weighted by Gasteiger charge is -2.02. The van der Waals surface area contributed by atoms with Crippen molar-refractivity contribution >= 4 is 0 Å². The molecular weight excluding hydrogens is 208 g/mol. The average Bonchev–Trinajstić information content (AvgIpc) is 2.72. The molecule has 0 aliphatic heterocycles. The molecule has 1 rings (SSSR count). The molecule has 0 saturated carbocycles. The highest BCUT2D eigenvalue weighted by Gasteiger charge is 1.99. The second kappa shape index (κ2) is 8.20. The summed E-state index contributed by atoms with van der Waals surface area (Å²) in [4.78, 5) is 0. The summed E-state index contributed by atoms with van der Waals surface area (Å²) in [6.07, 6.45) is 3.64. The molecular formula is C10H20N4O2. The van der Waals surface area contributed by atoms with Crippen molar-refractivity contribution in [2.24, 2.45) is 5.73 Å². The third-order valence-corrected chi connectivity index (χ3v) is 2.09. The Morgan fingerprint density at radius 3 is 3.00 bits per heavy atom. The summed E-state index contributed by atoms with van der Waals surface area (Å²) >= 11 is 0. The Morgan fingerprint density at radius 2 is 2.25 bits per heavy atom. The molecule has 16 heavy (non-hydrogen) atoms. The number of rotatable bonds is 9. The predicted octanol–water partition coefficient (Wildman–Crippen LogP) is -0.168. The molecule has 0 aliphatic carbocycles. The van der Waals surface area contributed by atoms with E-state index in [0.717, 1.165) is 31.7 Å². The van der Waals surface area contributed by atoms with Crippen LogP contribution in [0.3, 0.4) is 0 Å². The number of aromatic nitrogens is 3. The zero-order valence-corrected chi connectivity index (χ0v) is 9.76. The molecule has 6 heteroatoms. The summed E-state index contributed by atoms with van der Waals surface area (Å²) in [6.45, 7) is 3.44. The molecule has 92 valence electrons. The van der Waals surface area contributed by atoms with Crippen molar-refractivity contribution in [1.82, 2.24) is 15.0 Å². The zero-order chi connectivity index (χ0) is 11.6. The molecule has 0 fully saturated rings. The third kappa shape index (κ3) is 5.20. The lowest BCUT2D eigenvalue weighted by Crippen LogP contribution is -2.06. The van der Waals surface area contributed by atoms with Gasteiger partial charge in [0.15, 0.2) is 0 Å². The van der Waals surface area contributed by atoms with Crippen LogP contribution in [0.2, 0.25) is 0 Å². The highest BCUT2D eigenvalue weighted by Crippen LogP contribution is 1.95. The predicted molar refractivity (Wildman–Crippen MR) is 60.1 cm³/mol. The molecule has 0 spiro atoms. The zero-order valence-electron chi connectivity index (χ0n) is 9.76. The molecule has 0 atom stereocenters. The van der Waals surface area contributed by atoms with E-state index in [2.05, 4.69) is 10.3 Å². The Hall–Kier alpha value is -0.980. The molecule has 0 amide bonds. The van der Waals surface area contributed by atoms with Crippen LogP contribution >= 0.6 is 0 Å². The fourth-order valence-electron chi connectivity index (χ4n) is 1.28. The van der Waals surface area contributed by atoms with E-state index in [1.165, 1.54) is 0 Å². The van der Waals surface area contributed by atoms with Gasteiger partial charge in [-0.2, -0.15) is 0 Å². The maximum atomic E-state index is 5.43. The summed E-state index contributed by atoms with van der Waals surface area (Å²) < 4.78 is 12.0. The van der Waals surface area contributed by atoms with E-state index in [9.17, 15) is 0 Å². The quantitative estimate of drug-likeness (QED) is 0.594. The molecule has 0 saturated heterocycles. The van der Waals surface area contributed by atoms with Gasteiger partial charge >= 0.3 is 0 Å². The van der Waals surface area contributed by atoms with Gasteiger partial charge in [-0.3, -0.25) is 4.68 Å². The second-order valence-corrected chi connectivity index (χ2v) is 3.47. The van der Waals surface area contributed by atoms with Crippen LogP contribution in [0.4, 0.5) is 0 Å². The Morgan fingerprint density at radius 1 is 1.38 bits per heavy atom. The van der Waals surface area contributed by atoms with Gasteiger partial charge in [-0.1, -0.05) is 5.21 Å². The van der Waals surface area contributed by atoms with E-state index < -0.39 is 0 Å². The van der Waals surface area contributed by atoms with Crippen molar-refractivity contribution in [3.05, 3.63) is 11.9 Å². The summed E-state index contributed by atoms with van der Waals surface area (Å²) in [5.41, 5.74) is 6.38. The average molecular weight is 228 g/mol. The SMILES string of the molecule is COCCOCCCn1cc(CCN)nn1. The maximum Gasteiger partial charge on any atom is 0.0839 e. The van der Waals surface area contributed by atoms with Gasteiger partial charge in [-0.05, 0) is 13.0 Å². The number of methoxy groups -OCH3 is 1. The Kier molecular flexibility index (Phi) is 6.71. The molecule has 0 aliphatic rings. The largest absolute Gasteiger partial charge is 0.382 e. The van der Waals surface area contributed by atoms with Crippen molar-refractivity contribution < 1.29 is 9.47 Å². The molecule has 0 bridgehead atoms. The highest BCUT2D eigenvalue weighted by atomic mass is 16.5. The van der Waals surface area contributed by atoms with E-state index in [0.29, 0.717) is 19.8 Å². The van der Waals surface area contributed by atoms with E-state index in [4.69, 9.17) is 15.2 Å². The second-order valence-electron chi connectivity index (χ2n) is 3.47. The number of hydrogen-bond donors (Lipinski definition) is 1. The first-order valence-corrected chi connectivity index (χ1v) is 5.52. The first kappa shape index (κ1) is 13.1. The molecule has 2 N–H and O–H groups in total. The number of aryl methyl sites for hydroxylation is 1. The monoisotopic (exact) mass is 228 g/mol. The van der Waals surface area contributed by atoms with Crippen LogP contribution in [0.15, 0.2) is 6.20 Å². The number of ether oxygens (including phenoxy) is 2. The fraction of sp³-hybridized carbons (Fsp3) is 0.800. The van der Waals surface area contributed by atoms with Gasteiger partial charge in [0.1, 0.15) is 0 Å². The van der Waals surface area contributed by atoms with Gasteiger partial charge in [0.2, 0.25) is 0 Å². The van der Waals surface area contributed by atoms with E-state index in [-0.39, 0.29) is 0 Å². The van der Waals surface area contributed by atoms with E-state index >= 15 is 0 Å². The van der Waals surface area contributed by atoms with E-state index in [1.54, 1.807) is 7.11 Å². The molecule has 1 heterocycles. The van der Waals surface area contributed by atoms with Gasteiger partial charge in [0.05, 0.1) is 18.9 Å². The van der Waals surface area contributed by atoms with Crippen molar-refractivity contribution in [2.45, 2.75) is 19.4 Å². The lowest BCUT2D eigenvalue weighted by atomic mass is 10.3. The first-order valence-electron chi connectivity index (χ1n) is 5.52. The third-order valence-electron chi connectivity index (χ3n) is 2.09. The summed E-state index contributed by atoms with van der Waals surface area (Å²) in [5, 5.41) is 8.01. The molecule has 0 aromatic carbocycles. The van der Waals surface area contributed by atoms with Crippen LogP contribution < -0.4 is 5.73 Å². The van der Waals surface area contributed by atoms with Crippen LogP contribution in [0.25, 0.3) is 0 Å². The van der Waals surface area contributed by atoms with Crippen molar-refractivity contribution in [3.8, 4) is 0 Å². The summed E-state index contributed by atoms with van der Waals surface area (Å²) in [6, 6.07) is 0. The smallest absolute Gasteiger partial charge is 0.0839 e. The van der Waals surface area contributed by atoms with Crippen LogP contribution in [0, 0.1) is 0 Å². The van der Waals surface area contributed by atoms with Gasteiger partial charge in [-0.25, -0.2) is 0 Å². The van der Waals surface area contributed by atoms with Crippen LogP contribution in [-0.2, 0) is 22.4 Å². The molecule has 0 radical (unpaired) electrons. The first-order chi connectivity index (χ1) is 7.86. The summed E-state index contributed by atoms with van der Waals surface area (Å²) in [7, 11) is 1.66. The lowest BCUT2D eigenvalue weighted by molar-refractivity contribution is 0.0676. The maximum absolute atomic E-state index is 5.43. The minimum absolute atomic E-state index is 0.610. The minimum Gasteiger partial charge on any atom is -0.382 e. The van der Waals surface area contributed by atoms with Crippen molar-refractivity contribution in [3.63, 3.8) is 0 Å². The molecule has 6 nitrogen and oxygen atoms in total. The number of hydrogen-bond acceptors (Lipinski definition) is 5. The number of nitrogens with zero attached hydrogens (tertiary/aromatic N) is 3. The van der Waals surface area contributed by atoms with Gasteiger partial charge in [-0.15, -0.1) is 5.10 Å². The van der Waals surface area contributed by atoms with Crippen LogP contribution in [0.5, 0.6) is 0 Å². The van der Waals surface area contributed by atoms with E-state index in [1.807, 2.05) is 10.9 Å². The Bertz CT molecular complexity index is 278. The van der Waals surface area contributed by atoms with Gasteiger partial charge < -0.3 is 15.2 Å². The van der Waals surface area contributed by atoms with Crippen molar-refractivity contribution in [2.75, 3.05) is 33.5 Å². The van der Waals surface area contributed by atoms with Gasteiger partial charge in [0, 0.05) is 32.9 Å². The van der Waals surface area contributed by atoms with Crippen LogP contribution in [-0.4, -0.2) is 48.5 Å². The number of nitrogens with two attached hydrogens (primary N) is 1. The summed E-state index contributed by atoms with van der Waals surface area (Å²) in [5.74, 6) is 0. The normalized spacial score (nSPS) is 10.9. The van der Waals surface area contributed by atoms with Crippen LogP contribution in [0.1, 0.15) is 12.1 Å². The fourth-order valence-corrected chi connectivity index (χ4v) is 1.28. The topological polar surface area (TPSA) is 75.2 Å². The Balaban J connectivity index is 2.07. The highest BCUT2D eigenvalue weighted by molar-refractivity contribution is 4.92. The van der Waals surface area contributed by atoms with Crippen molar-refractivity contribution in [1.29, 1.82) is 0 Å². The minimum atomic E-state index is 0.610. The molecule has 1 aromatic heterocycles. The van der Waals surface area contributed by atoms with Gasteiger partial charge in [0.25, 0.3) is 0 Å². The Labute approximate surface area is 95.7 Å². The molecule has 1 aromatic rings.